The number of amides is 1. The first-order valence-corrected chi connectivity index (χ1v) is 4.83. The van der Waals surface area contributed by atoms with Crippen LogP contribution in [0.5, 0.6) is 0 Å². The zero-order valence-corrected chi connectivity index (χ0v) is 9.20. The second-order valence-electron chi connectivity index (χ2n) is 3.47. The molecule has 0 atom stereocenters. The van der Waals surface area contributed by atoms with Gasteiger partial charge in [0.05, 0.1) is 6.07 Å². The molecule has 0 bridgehead atoms. The van der Waals surface area contributed by atoms with Crippen molar-refractivity contribution in [1.82, 2.24) is 0 Å². The first kappa shape index (κ1) is 11.9. The van der Waals surface area contributed by atoms with Gasteiger partial charge in [0.1, 0.15) is 6.42 Å². The summed E-state index contributed by atoms with van der Waals surface area (Å²) in [6.07, 6.45) is -0.173. The number of nitriles is 1. The lowest BCUT2D eigenvalue weighted by atomic mass is 10.0. The Morgan fingerprint density at radius 2 is 2.12 bits per heavy atom. The average molecular weight is 216 g/mol. The zero-order chi connectivity index (χ0) is 12.1. The second-order valence-corrected chi connectivity index (χ2v) is 3.47. The van der Waals surface area contributed by atoms with E-state index in [4.69, 9.17) is 5.26 Å². The van der Waals surface area contributed by atoms with Crippen molar-refractivity contribution in [1.29, 1.82) is 5.26 Å². The van der Waals surface area contributed by atoms with Gasteiger partial charge in [0.15, 0.2) is 5.78 Å². The number of carbonyl (C=O) groups excluding carboxylic acids is 2. The lowest BCUT2D eigenvalue weighted by Gasteiger charge is -2.06. The van der Waals surface area contributed by atoms with E-state index in [2.05, 4.69) is 5.32 Å². The summed E-state index contributed by atoms with van der Waals surface area (Å²) in [5, 5.41) is 10.9. The molecule has 1 rings (SSSR count). The van der Waals surface area contributed by atoms with E-state index < -0.39 is 0 Å². The molecule has 1 aromatic rings. The highest BCUT2D eigenvalue weighted by atomic mass is 16.1. The molecule has 0 unspecified atom stereocenters. The Hall–Kier alpha value is -2.15. The van der Waals surface area contributed by atoms with Crippen LogP contribution in [-0.4, -0.2) is 11.7 Å². The molecule has 16 heavy (non-hydrogen) atoms. The van der Waals surface area contributed by atoms with Crippen molar-refractivity contribution in [2.45, 2.75) is 20.3 Å². The van der Waals surface area contributed by atoms with Crippen molar-refractivity contribution in [3.05, 3.63) is 29.3 Å². The van der Waals surface area contributed by atoms with Crippen LogP contribution in [-0.2, 0) is 4.79 Å². The third kappa shape index (κ3) is 2.92. The van der Waals surface area contributed by atoms with Crippen molar-refractivity contribution < 1.29 is 9.59 Å². The van der Waals surface area contributed by atoms with Gasteiger partial charge in [0, 0.05) is 11.3 Å². The molecule has 1 aromatic carbocycles. The number of anilines is 1. The molecule has 0 heterocycles. The maximum Gasteiger partial charge on any atom is 0.238 e. The molecule has 0 aliphatic carbocycles. The number of Topliss-reactive ketones (excluding diaryl/α,β-unsaturated/α-hetero) is 1. The number of ketones is 1. The largest absolute Gasteiger partial charge is 0.325 e. The molecular formula is C12H12N2O2. The summed E-state index contributed by atoms with van der Waals surface area (Å²) in [6.45, 7) is 3.30. The van der Waals surface area contributed by atoms with Gasteiger partial charge in [-0.05, 0) is 37.6 Å². The van der Waals surface area contributed by atoms with E-state index in [0.29, 0.717) is 11.3 Å². The van der Waals surface area contributed by atoms with Crippen LogP contribution in [0.1, 0.15) is 29.3 Å². The van der Waals surface area contributed by atoms with Gasteiger partial charge in [-0.1, -0.05) is 0 Å². The summed E-state index contributed by atoms with van der Waals surface area (Å²) < 4.78 is 0. The van der Waals surface area contributed by atoms with Gasteiger partial charge in [0.2, 0.25) is 5.91 Å². The minimum atomic E-state index is -0.350. The van der Waals surface area contributed by atoms with Crippen LogP contribution < -0.4 is 5.32 Å². The topological polar surface area (TPSA) is 70.0 Å². The van der Waals surface area contributed by atoms with Crippen molar-refractivity contribution in [3.63, 3.8) is 0 Å². The highest BCUT2D eigenvalue weighted by Crippen LogP contribution is 2.15. The van der Waals surface area contributed by atoms with E-state index in [1.54, 1.807) is 31.2 Å². The van der Waals surface area contributed by atoms with Gasteiger partial charge >= 0.3 is 0 Å². The van der Waals surface area contributed by atoms with Crippen LogP contribution in [0.4, 0.5) is 5.69 Å². The molecule has 0 aliphatic rings. The number of aryl methyl sites for hydroxylation is 1. The van der Waals surface area contributed by atoms with Gasteiger partial charge in [-0.25, -0.2) is 0 Å². The first-order chi connectivity index (χ1) is 7.54. The van der Waals surface area contributed by atoms with E-state index in [1.165, 1.54) is 6.92 Å². The molecular weight excluding hydrogens is 204 g/mol. The Kier molecular flexibility index (Phi) is 3.78. The summed E-state index contributed by atoms with van der Waals surface area (Å²) in [5.41, 5.74) is 2.04. The first-order valence-electron chi connectivity index (χ1n) is 4.83. The Morgan fingerprint density at radius 1 is 1.44 bits per heavy atom. The van der Waals surface area contributed by atoms with Gasteiger partial charge in [-0.2, -0.15) is 5.26 Å². The summed E-state index contributed by atoms with van der Waals surface area (Å²) in [5.74, 6) is -0.357. The van der Waals surface area contributed by atoms with Gasteiger partial charge in [0.25, 0.3) is 0 Å². The number of benzene rings is 1. The smallest absolute Gasteiger partial charge is 0.238 e. The van der Waals surface area contributed by atoms with Gasteiger partial charge in [-0.15, -0.1) is 0 Å². The Morgan fingerprint density at radius 3 is 2.62 bits per heavy atom. The fraction of sp³-hybridized carbons (Fsp3) is 0.250. The number of nitrogens with one attached hydrogen (secondary N) is 1. The normalized spacial score (nSPS) is 9.31. The highest BCUT2D eigenvalue weighted by Gasteiger charge is 2.06. The van der Waals surface area contributed by atoms with Gasteiger partial charge < -0.3 is 5.32 Å². The molecule has 4 heteroatoms. The lowest BCUT2D eigenvalue weighted by molar-refractivity contribution is -0.115. The molecule has 0 fully saturated rings. The van der Waals surface area contributed by atoms with Crippen LogP contribution in [0.3, 0.4) is 0 Å². The second kappa shape index (κ2) is 5.08. The Balaban J connectivity index is 2.86. The predicted molar refractivity (Wildman–Crippen MR) is 60.0 cm³/mol. The van der Waals surface area contributed by atoms with Crippen molar-refractivity contribution in [2.75, 3.05) is 5.32 Å². The fourth-order valence-corrected chi connectivity index (χ4v) is 1.41. The maximum absolute atomic E-state index is 11.2. The summed E-state index contributed by atoms with van der Waals surface area (Å²) in [6, 6.07) is 6.80. The third-order valence-corrected chi connectivity index (χ3v) is 2.13. The quantitative estimate of drug-likeness (QED) is 0.786. The minimum Gasteiger partial charge on any atom is -0.325 e. The molecule has 0 saturated carbocycles. The molecule has 82 valence electrons. The number of hydrogen-bond donors (Lipinski definition) is 1. The van der Waals surface area contributed by atoms with Crippen molar-refractivity contribution in [3.8, 4) is 6.07 Å². The van der Waals surface area contributed by atoms with Gasteiger partial charge in [-0.3, -0.25) is 9.59 Å². The van der Waals surface area contributed by atoms with E-state index in [9.17, 15) is 9.59 Å². The SMILES string of the molecule is CC(=O)c1ccc(NC(=O)CC#N)cc1C. The molecule has 1 N–H and O–H groups in total. The van der Waals surface area contributed by atoms with Crippen LogP contribution in [0.2, 0.25) is 0 Å². The summed E-state index contributed by atoms with van der Waals surface area (Å²) in [7, 11) is 0. The standard InChI is InChI=1S/C12H12N2O2/c1-8-7-10(14-12(16)5-6-13)3-4-11(8)9(2)15/h3-4,7H,5H2,1-2H3,(H,14,16). The monoisotopic (exact) mass is 216 g/mol. The van der Waals surface area contributed by atoms with E-state index in [0.717, 1.165) is 5.56 Å². The maximum atomic E-state index is 11.2. The molecule has 4 nitrogen and oxygen atoms in total. The molecule has 0 saturated heterocycles. The molecule has 0 aromatic heterocycles. The average Bonchev–Trinajstić information content (AvgIpc) is 2.17. The van der Waals surface area contributed by atoms with E-state index >= 15 is 0 Å². The van der Waals surface area contributed by atoms with E-state index in [-0.39, 0.29) is 18.1 Å². The van der Waals surface area contributed by atoms with E-state index in [1.807, 2.05) is 0 Å². The minimum absolute atomic E-state index is 0.00704. The fourth-order valence-electron chi connectivity index (χ4n) is 1.41. The molecule has 0 spiro atoms. The lowest BCUT2D eigenvalue weighted by Crippen LogP contribution is -2.10. The van der Waals surface area contributed by atoms with Crippen molar-refractivity contribution in [2.24, 2.45) is 0 Å². The van der Waals surface area contributed by atoms with Crippen LogP contribution in [0, 0.1) is 18.3 Å². The number of nitrogens with zero attached hydrogens (tertiary/aromatic N) is 1. The van der Waals surface area contributed by atoms with Crippen molar-refractivity contribution >= 4 is 17.4 Å². The molecule has 0 radical (unpaired) electrons. The molecule has 0 aliphatic heterocycles. The number of carbonyl (C=O) groups is 2. The highest BCUT2D eigenvalue weighted by molar-refractivity contribution is 5.97. The van der Waals surface area contributed by atoms with Crippen LogP contribution in [0.25, 0.3) is 0 Å². The predicted octanol–water partition coefficient (Wildman–Crippen LogP) is 2.05. The molecule has 1 amide bonds. The van der Waals surface area contributed by atoms with Crippen LogP contribution >= 0.6 is 0 Å². The summed E-state index contributed by atoms with van der Waals surface area (Å²) >= 11 is 0. The number of hydrogen-bond acceptors (Lipinski definition) is 3. The summed E-state index contributed by atoms with van der Waals surface area (Å²) in [4.78, 5) is 22.3. The Labute approximate surface area is 93.9 Å². The number of rotatable bonds is 3. The van der Waals surface area contributed by atoms with Crippen LogP contribution in [0.15, 0.2) is 18.2 Å². The zero-order valence-electron chi connectivity index (χ0n) is 9.20. The third-order valence-electron chi connectivity index (χ3n) is 2.13. The Bertz CT molecular complexity index is 472.